The smallest absolute Gasteiger partial charge is 0.208 e. The molecule has 1 N–H and O–H groups in total. The van der Waals surface area contributed by atoms with Crippen LogP contribution >= 0.6 is 15.9 Å². The second kappa shape index (κ2) is 2.96. The van der Waals surface area contributed by atoms with E-state index in [-0.39, 0.29) is 5.43 Å². The first-order valence-corrected chi connectivity index (χ1v) is 4.62. The van der Waals surface area contributed by atoms with Crippen LogP contribution < -0.4 is 5.43 Å². The minimum Gasteiger partial charge on any atom is -0.357 e. The van der Waals surface area contributed by atoms with Crippen molar-refractivity contribution >= 4 is 27.0 Å². The highest BCUT2D eigenvalue weighted by Crippen LogP contribution is 2.10. The highest BCUT2D eigenvalue weighted by Gasteiger charge is 2.00. The average molecular weight is 239 g/mol. The predicted molar refractivity (Wildman–Crippen MR) is 54.8 cm³/mol. The normalized spacial score (nSPS) is 10.6. The molecule has 0 bridgehead atoms. The van der Waals surface area contributed by atoms with Crippen molar-refractivity contribution in [3.63, 3.8) is 0 Å². The van der Waals surface area contributed by atoms with Crippen molar-refractivity contribution in [1.82, 2.24) is 9.97 Å². The third kappa shape index (κ3) is 1.49. The highest BCUT2D eigenvalue weighted by atomic mass is 79.9. The van der Waals surface area contributed by atoms with Crippen LogP contribution in [0.2, 0.25) is 0 Å². The summed E-state index contributed by atoms with van der Waals surface area (Å²) in [5.74, 6) is 0. The summed E-state index contributed by atoms with van der Waals surface area (Å²) in [4.78, 5) is 18.6. The fourth-order valence-corrected chi connectivity index (χ4v) is 1.55. The van der Waals surface area contributed by atoms with Gasteiger partial charge in [-0.3, -0.25) is 4.79 Å². The van der Waals surface area contributed by atoms with Crippen LogP contribution in [0.3, 0.4) is 0 Å². The molecular formula is C9H7BrN2O. The predicted octanol–water partition coefficient (Wildman–Crippen LogP) is 1.99. The van der Waals surface area contributed by atoms with Crippen LogP contribution in [0.5, 0.6) is 0 Å². The Bertz CT molecular complexity index is 518. The summed E-state index contributed by atoms with van der Waals surface area (Å²) in [5.41, 5.74) is 2.04. The number of fused-ring (bicyclic) bond motifs is 1. The summed E-state index contributed by atoms with van der Waals surface area (Å²) in [6.45, 7) is 1.85. The molecule has 0 unspecified atom stereocenters. The van der Waals surface area contributed by atoms with Gasteiger partial charge in [0.05, 0.1) is 5.52 Å². The van der Waals surface area contributed by atoms with Crippen LogP contribution in [0.4, 0.5) is 0 Å². The van der Waals surface area contributed by atoms with Crippen molar-refractivity contribution in [2.45, 2.75) is 6.92 Å². The third-order valence-electron chi connectivity index (χ3n) is 1.77. The fraction of sp³-hybridized carbons (Fsp3) is 0.111. The maximum atomic E-state index is 11.4. The first-order chi connectivity index (χ1) is 6.16. The van der Waals surface area contributed by atoms with E-state index in [1.54, 1.807) is 12.1 Å². The number of hydrogen-bond donors (Lipinski definition) is 1. The molecule has 2 heterocycles. The molecule has 2 aromatic rings. The summed E-state index contributed by atoms with van der Waals surface area (Å²) in [5, 5.41) is 0. The van der Waals surface area contributed by atoms with Crippen molar-refractivity contribution in [2.24, 2.45) is 0 Å². The molecule has 2 rings (SSSR count). The van der Waals surface area contributed by atoms with E-state index < -0.39 is 0 Å². The van der Waals surface area contributed by atoms with Gasteiger partial charge in [0.2, 0.25) is 5.43 Å². The maximum Gasteiger partial charge on any atom is 0.208 e. The molecule has 0 atom stereocenters. The average Bonchev–Trinajstić information content (AvgIpc) is 2.06. The molecule has 0 radical (unpaired) electrons. The largest absolute Gasteiger partial charge is 0.357 e. The van der Waals surface area contributed by atoms with Crippen molar-refractivity contribution in [2.75, 3.05) is 0 Å². The van der Waals surface area contributed by atoms with E-state index >= 15 is 0 Å². The molecule has 0 aliphatic carbocycles. The van der Waals surface area contributed by atoms with Gasteiger partial charge in [-0.1, -0.05) is 0 Å². The number of aryl methyl sites for hydroxylation is 1. The minimum atomic E-state index is -0.0486. The van der Waals surface area contributed by atoms with Crippen LogP contribution in [-0.2, 0) is 0 Å². The summed E-state index contributed by atoms with van der Waals surface area (Å²) in [7, 11) is 0. The van der Waals surface area contributed by atoms with E-state index in [0.717, 1.165) is 11.2 Å². The molecule has 0 aromatic carbocycles. The highest BCUT2D eigenvalue weighted by molar-refractivity contribution is 9.10. The topological polar surface area (TPSA) is 45.8 Å². The molecule has 0 aliphatic heterocycles. The Morgan fingerprint density at radius 3 is 3.00 bits per heavy atom. The number of rotatable bonds is 0. The van der Waals surface area contributed by atoms with Crippen molar-refractivity contribution in [1.29, 1.82) is 0 Å². The number of aromatic amines is 1. The Labute approximate surface area is 82.9 Å². The van der Waals surface area contributed by atoms with Gasteiger partial charge in [-0.15, -0.1) is 0 Å². The van der Waals surface area contributed by atoms with Crippen LogP contribution in [0.15, 0.2) is 27.6 Å². The molecule has 4 heteroatoms. The van der Waals surface area contributed by atoms with Gasteiger partial charge < -0.3 is 4.98 Å². The fourth-order valence-electron chi connectivity index (χ4n) is 1.24. The number of hydrogen-bond acceptors (Lipinski definition) is 2. The molecule has 0 saturated heterocycles. The summed E-state index contributed by atoms with van der Waals surface area (Å²) >= 11 is 3.22. The van der Waals surface area contributed by atoms with Gasteiger partial charge in [0.25, 0.3) is 0 Å². The number of H-pyrrole nitrogens is 1. The van der Waals surface area contributed by atoms with Crippen molar-refractivity contribution in [3.8, 4) is 0 Å². The van der Waals surface area contributed by atoms with Gasteiger partial charge in [0.1, 0.15) is 10.1 Å². The number of halogens is 1. The molecular weight excluding hydrogens is 232 g/mol. The monoisotopic (exact) mass is 238 g/mol. The lowest BCUT2D eigenvalue weighted by atomic mass is 10.3. The molecule has 0 aliphatic rings. The van der Waals surface area contributed by atoms with Gasteiger partial charge in [0.15, 0.2) is 0 Å². The molecule has 0 saturated carbocycles. The number of nitrogens with zero attached hydrogens (tertiary/aromatic N) is 1. The molecule has 66 valence electrons. The third-order valence-corrected chi connectivity index (χ3v) is 2.22. The van der Waals surface area contributed by atoms with E-state index in [4.69, 9.17) is 0 Å². The quantitative estimate of drug-likeness (QED) is 0.714. The Morgan fingerprint density at radius 2 is 2.23 bits per heavy atom. The van der Waals surface area contributed by atoms with Crippen molar-refractivity contribution in [3.05, 3.63) is 38.7 Å². The van der Waals surface area contributed by atoms with Crippen molar-refractivity contribution < 1.29 is 0 Å². The van der Waals surface area contributed by atoms with E-state index in [1.807, 2.05) is 13.0 Å². The Hall–Kier alpha value is -1.16. The maximum absolute atomic E-state index is 11.4. The molecule has 0 fully saturated rings. The van der Waals surface area contributed by atoms with Crippen LogP contribution in [0, 0.1) is 6.92 Å². The lowest BCUT2D eigenvalue weighted by Crippen LogP contribution is -2.04. The number of pyridine rings is 2. The Morgan fingerprint density at radius 1 is 1.46 bits per heavy atom. The summed E-state index contributed by atoms with van der Waals surface area (Å²) in [6.07, 6.45) is 0. The first-order valence-electron chi connectivity index (χ1n) is 3.83. The van der Waals surface area contributed by atoms with E-state index in [9.17, 15) is 4.79 Å². The van der Waals surface area contributed by atoms with Crippen LogP contribution in [0.25, 0.3) is 11.0 Å². The summed E-state index contributed by atoms with van der Waals surface area (Å²) < 4.78 is 0.675. The standard InChI is InChI=1S/C9H7BrN2O/c1-5-4-7(13)9-6(11-5)2-3-8(10)12-9/h2-4H,1H3,(H,11,13). The minimum absolute atomic E-state index is 0.0486. The molecule has 0 spiro atoms. The molecule has 13 heavy (non-hydrogen) atoms. The molecule has 0 amide bonds. The first kappa shape index (κ1) is 8.44. The zero-order valence-corrected chi connectivity index (χ0v) is 8.55. The van der Waals surface area contributed by atoms with Gasteiger partial charge in [0, 0.05) is 11.8 Å². The van der Waals surface area contributed by atoms with Gasteiger partial charge in [-0.2, -0.15) is 0 Å². The Balaban J connectivity index is 2.95. The number of nitrogens with one attached hydrogen (secondary N) is 1. The van der Waals surface area contributed by atoms with Crippen LogP contribution in [-0.4, -0.2) is 9.97 Å². The zero-order chi connectivity index (χ0) is 9.42. The Kier molecular flexibility index (Phi) is 1.92. The van der Waals surface area contributed by atoms with Gasteiger partial charge in [-0.05, 0) is 35.0 Å². The molecule has 2 aromatic heterocycles. The van der Waals surface area contributed by atoms with E-state index in [1.165, 1.54) is 0 Å². The van der Waals surface area contributed by atoms with Gasteiger partial charge in [-0.25, -0.2) is 4.98 Å². The lowest BCUT2D eigenvalue weighted by Gasteiger charge is -1.98. The van der Waals surface area contributed by atoms with E-state index in [0.29, 0.717) is 10.1 Å². The second-order valence-electron chi connectivity index (χ2n) is 2.85. The second-order valence-corrected chi connectivity index (χ2v) is 3.66. The summed E-state index contributed by atoms with van der Waals surface area (Å²) in [6, 6.07) is 5.18. The SMILES string of the molecule is Cc1cc(=O)c2nc(Br)ccc2[nH]1. The molecule has 3 nitrogen and oxygen atoms in total. The zero-order valence-electron chi connectivity index (χ0n) is 6.97. The van der Waals surface area contributed by atoms with Gasteiger partial charge >= 0.3 is 0 Å². The van der Waals surface area contributed by atoms with E-state index in [2.05, 4.69) is 25.9 Å². The number of aromatic nitrogens is 2. The lowest BCUT2D eigenvalue weighted by molar-refractivity contribution is 1.21. The van der Waals surface area contributed by atoms with Crippen LogP contribution in [0.1, 0.15) is 5.69 Å².